The van der Waals surface area contributed by atoms with Crippen molar-refractivity contribution in [1.29, 1.82) is 5.41 Å². The third-order valence-corrected chi connectivity index (χ3v) is 2.11. The van der Waals surface area contributed by atoms with E-state index in [1.807, 2.05) is 0 Å². The van der Waals surface area contributed by atoms with Gasteiger partial charge in [0.2, 0.25) is 0 Å². The summed E-state index contributed by atoms with van der Waals surface area (Å²) in [7, 11) is 0. The van der Waals surface area contributed by atoms with Crippen molar-refractivity contribution in [1.82, 2.24) is 0 Å². The molecule has 0 amide bonds. The van der Waals surface area contributed by atoms with Crippen LogP contribution in [0.1, 0.15) is 46.5 Å². The molecule has 0 spiro atoms. The molecule has 0 unspecified atom stereocenters. The summed E-state index contributed by atoms with van der Waals surface area (Å²) in [4.78, 5) is 0. The quantitative estimate of drug-likeness (QED) is 0.365. The van der Waals surface area contributed by atoms with Gasteiger partial charge < -0.3 is 11.5 Å². The molecule has 3 nitrogen and oxygen atoms in total. The van der Waals surface area contributed by atoms with Crippen LogP contribution in [0, 0.1) is 5.41 Å². The second-order valence-corrected chi connectivity index (χ2v) is 3.59. The number of amidine groups is 1. The normalized spacial score (nSPS) is 14.1. The predicted molar refractivity (Wildman–Crippen MR) is 75.8 cm³/mol. The van der Waals surface area contributed by atoms with Crippen LogP contribution in [0.5, 0.6) is 0 Å². The van der Waals surface area contributed by atoms with Gasteiger partial charge in [0, 0.05) is 6.04 Å². The second-order valence-electron chi connectivity index (χ2n) is 3.59. The third kappa shape index (κ3) is 15.4. The maximum Gasteiger partial charge on any atom is 0.117 e. The van der Waals surface area contributed by atoms with Gasteiger partial charge in [-0.3, -0.25) is 5.41 Å². The molecule has 0 atom stereocenters. The van der Waals surface area contributed by atoms with Crippen molar-refractivity contribution in [2.45, 2.75) is 52.5 Å². The average Bonchev–Trinajstić information content (AvgIpc) is 2.22. The van der Waals surface area contributed by atoms with Gasteiger partial charge in [-0.2, -0.15) is 0 Å². The fraction of sp³-hybridized carbons (Fsp3) is 0.615. The zero-order valence-corrected chi connectivity index (χ0v) is 9.89. The van der Waals surface area contributed by atoms with E-state index in [0.29, 0.717) is 11.6 Å². The molecule has 0 heterocycles. The predicted octanol–water partition coefficient (Wildman–Crippen LogP) is 3.21. The van der Waals surface area contributed by atoms with E-state index in [-0.39, 0.29) is 13.3 Å². The Morgan fingerprint density at radius 1 is 1.19 bits per heavy atom. The third-order valence-electron chi connectivity index (χ3n) is 2.11. The summed E-state index contributed by atoms with van der Waals surface area (Å²) in [5, 5.41) is 6.63. The van der Waals surface area contributed by atoms with Crippen LogP contribution in [0.3, 0.4) is 0 Å². The lowest BCUT2D eigenvalue weighted by molar-refractivity contribution is 0.441. The van der Waals surface area contributed by atoms with Crippen molar-refractivity contribution in [3.63, 3.8) is 0 Å². The minimum Gasteiger partial charge on any atom is -0.384 e. The molecule has 1 aliphatic carbocycles. The SMILES string of the molecule is C.C=C.C=C(C)C(=N)N.NC1CCCCC1. The largest absolute Gasteiger partial charge is 0.384 e. The maximum atomic E-state index is 6.63. The molecule has 1 aliphatic rings. The first-order valence-corrected chi connectivity index (χ1v) is 5.29. The van der Waals surface area contributed by atoms with Gasteiger partial charge in [0.15, 0.2) is 0 Å². The van der Waals surface area contributed by atoms with E-state index < -0.39 is 0 Å². The van der Waals surface area contributed by atoms with E-state index in [2.05, 4.69) is 19.7 Å². The molecule has 0 aromatic rings. The molecule has 1 saturated carbocycles. The Bertz CT molecular complexity index is 170. The van der Waals surface area contributed by atoms with Crippen LogP contribution in [0.25, 0.3) is 0 Å². The summed E-state index contributed by atoms with van der Waals surface area (Å²) in [5.41, 5.74) is 11.2. The van der Waals surface area contributed by atoms with Gasteiger partial charge in [0.1, 0.15) is 5.84 Å². The first-order valence-electron chi connectivity index (χ1n) is 5.29. The highest BCUT2D eigenvalue weighted by Gasteiger charge is 2.06. The lowest BCUT2D eigenvalue weighted by atomic mass is 9.97. The van der Waals surface area contributed by atoms with E-state index in [0.717, 1.165) is 0 Å². The minimum atomic E-state index is 0. The van der Waals surface area contributed by atoms with Crippen molar-refractivity contribution in [3.05, 3.63) is 25.3 Å². The Morgan fingerprint density at radius 3 is 1.62 bits per heavy atom. The molecule has 0 bridgehead atoms. The van der Waals surface area contributed by atoms with E-state index in [4.69, 9.17) is 16.9 Å². The van der Waals surface area contributed by atoms with Crippen molar-refractivity contribution in [3.8, 4) is 0 Å². The Morgan fingerprint density at radius 2 is 1.50 bits per heavy atom. The molecule has 5 N–H and O–H groups in total. The van der Waals surface area contributed by atoms with Crippen LogP contribution in [-0.4, -0.2) is 11.9 Å². The molecule has 0 aromatic carbocycles. The second kappa shape index (κ2) is 13.9. The van der Waals surface area contributed by atoms with Gasteiger partial charge in [0.05, 0.1) is 0 Å². The molecule has 0 aromatic heterocycles. The summed E-state index contributed by atoms with van der Waals surface area (Å²) < 4.78 is 0. The summed E-state index contributed by atoms with van der Waals surface area (Å²) in [5.74, 6) is 0.0648. The van der Waals surface area contributed by atoms with Crippen LogP contribution in [0.15, 0.2) is 25.3 Å². The van der Waals surface area contributed by atoms with Crippen molar-refractivity contribution < 1.29 is 0 Å². The van der Waals surface area contributed by atoms with Crippen LogP contribution >= 0.6 is 0 Å². The number of rotatable bonds is 1. The molecular formula is C13H29N3. The lowest BCUT2D eigenvalue weighted by Gasteiger charge is -2.15. The Balaban J connectivity index is -0.000000175. The Labute approximate surface area is 101 Å². The van der Waals surface area contributed by atoms with Crippen molar-refractivity contribution in [2.75, 3.05) is 0 Å². The van der Waals surface area contributed by atoms with Gasteiger partial charge in [-0.15, -0.1) is 13.2 Å². The smallest absolute Gasteiger partial charge is 0.117 e. The topological polar surface area (TPSA) is 75.9 Å². The molecule has 1 fully saturated rings. The average molecular weight is 227 g/mol. The summed E-state index contributed by atoms with van der Waals surface area (Å²) >= 11 is 0. The monoisotopic (exact) mass is 227 g/mol. The molecule has 0 aliphatic heterocycles. The van der Waals surface area contributed by atoms with Crippen LogP contribution in [0.2, 0.25) is 0 Å². The molecule has 1 rings (SSSR count). The van der Waals surface area contributed by atoms with Crippen LogP contribution in [-0.2, 0) is 0 Å². The molecule has 0 radical (unpaired) electrons. The zero-order chi connectivity index (χ0) is 12.3. The summed E-state index contributed by atoms with van der Waals surface area (Å²) in [6.45, 7) is 11.1. The Kier molecular flexibility index (Phi) is 17.7. The lowest BCUT2D eigenvalue weighted by Crippen LogP contribution is -2.22. The molecule has 16 heavy (non-hydrogen) atoms. The zero-order valence-electron chi connectivity index (χ0n) is 9.89. The summed E-state index contributed by atoms with van der Waals surface area (Å²) in [6, 6.07) is 0.536. The van der Waals surface area contributed by atoms with Crippen LogP contribution < -0.4 is 11.5 Å². The number of nitrogens with one attached hydrogen (secondary N) is 1. The van der Waals surface area contributed by atoms with E-state index in [1.54, 1.807) is 6.92 Å². The van der Waals surface area contributed by atoms with Gasteiger partial charge in [-0.25, -0.2) is 0 Å². The fourth-order valence-electron chi connectivity index (χ4n) is 1.13. The standard InChI is InChI=1S/C6H13N.C4H8N2.C2H4.CH4/c7-6-4-2-1-3-5-6;1-3(2)4(5)6;1-2;/h6H,1-5,7H2;1H2,2H3,(H3,5,6);1-2H2;1H4. The molecule has 96 valence electrons. The van der Waals surface area contributed by atoms with E-state index in [1.165, 1.54) is 32.1 Å². The summed E-state index contributed by atoms with van der Waals surface area (Å²) in [6.07, 6.45) is 6.66. The highest BCUT2D eigenvalue weighted by Crippen LogP contribution is 2.14. The first-order chi connectivity index (χ1) is 7.04. The van der Waals surface area contributed by atoms with Gasteiger partial charge in [-0.05, 0) is 25.3 Å². The van der Waals surface area contributed by atoms with Gasteiger partial charge in [0.25, 0.3) is 0 Å². The van der Waals surface area contributed by atoms with Crippen LogP contribution in [0.4, 0.5) is 0 Å². The van der Waals surface area contributed by atoms with Crippen molar-refractivity contribution >= 4 is 5.84 Å². The van der Waals surface area contributed by atoms with Gasteiger partial charge in [-0.1, -0.05) is 33.3 Å². The first kappa shape index (κ1) is 20.3. The molecule has 3 heteroatoms. The molecule has 0 saturated heterocycles. The number of hydrogen-bond donors (Lipinski definition) is 3. The highest BCUT2D eigenvalue weighted by atomic mass is 14.7. The van der Waals surface area contributed by atoms with E-state index >= 15 is 0 Å². The van der Waals surface area contributed by atoms with E-state index in [9.17, 15) is 0 Å². The minimum absolute atomic E-state index is 0. The maximum absolute atomic E-state index is 6.63. The highest BCUT2D eigenvalue weighted by molar-refractivity contribution is 5.92. The molecular weight excluding hydrogens is 198 g/mol. The number of hydrogen-bond acceptors (Lipinski definition) is 2. The number of nitrogens with two attached hydrogens (primary N) is 2. The Hall–Kier alpha value is -1.09. The fourth-order valence-corrected chi connectivity index (χ4v) is 1.13. The van der Waals surface area contributed by atoms with Gasteiger partial charge >= 0.3 is 0 Å². The van der Waals surface area contributed by atoms with Crippen molar-refractivity contribution in [2.24, 2.45) is 11.5 Å².